The lowest BCUT2D eigenvalue weighted by Gasteiger charge is -2.23. The fraction of sp³-hybridized carbons (Fsp3) is 0.312. The van der Waals surface area contributed by atoms with Crippen molar-refractivity contribution in [3.63, 3.8) is 0 Å². The van der Waals surface area contributed by atoms with Gasteiger partial charge in [-0.1, -0.05) is 6.07 Å². The molecule has 1 unspecified atom stereocenters. The number of aryl methyl sites for hydroxylation is 1. The van der Waals surface area contributed by atoms with Gasteiger partial charge in [-0.2, -0.15) is 5.10 Å². The van der Waals surface area contributed by atoms with Crippen LogP contribution in [0.2, 0.25) is 0 Å². The minimum Gasteiger partial charge on any atom is -0.308 e. The van der Waals surface area contributed by atoms with Crippen molar-refractivity contribution >= 4 is 0 Å². The van der Waals surface area contributed by atoms with E-state index in [1.807, 2.05) is 10.7 Å². The van der Waals surface area contributed by atoms with Gasteiger partial charge in [0.15, 0.2) is 0 Å². The van der Waals surface area contributed by atoms with Crippen molar-refractivity contribution in [2.45, 2.75) is 32.0 Å². The highest BCUT2D eigenvalue weighted by atomic mass is 19.1. The molecule has 3 aromatic rings. The molecule has 1 aromatic carbocycles. The van der Waals surface area contributed by atoms with E-state index in [2.05, 4.69) is 20.4 Å². The van der Waals surface area contributed by atoms with E-state index < -0.39 is 0 Å². The predicted molar refractivity (Wildman–Crippen MR) is 82.5 cm³/mol. The van der Waals surface area contributed by atoms with Gasteiger partial charge in [0.25, 0.3) is 0 Å². The van der Waals surface area contributed by atoms with Crippen molar-refractivity contribution < 1.29 is 4.39 Å². The van der Waals surface area contributed by atoms with Crippen molar-refractivity contribution in [2.75, 3.05) is 0 Å². The molecule has 3 heterocycles. The summed E-state index contributed by atoms with van der Waals surface area (Å²) >= 11 is 0. The van der Waals surface area contributed by atoms with E-state index >= 15 is 0 Å². The van der Waals surface area contributed by atoms with Crippen LogP contribution in [0.5, 0.6) is 0 Å². The van der Waals surface area contributed by atoms with Crippen molar-refractivity contribution in [2.24, 2.45) is 0 Å². The van der Waals surface area contributed by atoms with Crippen LogP contribution in [0.1, 0.15) is 17.8 Å². The molecule has 0 fully saturated rings. The maximum atomic E-state index is 14.2. The van der Waals surface area contributed by atoms with Gasteiger partial charge in [0.1, 0.15) is 18.0 Å². The Morgan fingerprint density at radius 3 is 3.13 bits per heavy atom. The Morgan fingerprint density at radius 2 is 2.30 bits per heavy atom. The largest absolute Gasteiger partial charge is 0.308 e. The van der Waals surface area contributed by atoms with Crippen LogP contribution < -0.4 is 5.32 Å². The molecule has 2 aromatic heterocycles. The standard InChI is InChI=1S/C16H17FN6/c17-14-7-12(1-3-15(14)22-6-5-18-11-22)8-19-13-2-4-16-20-10-21-23(16)9-13/h1,3,5-7,10-11,13,19H,2,4,8-9H2. The van der Waals surface area contributed by atoms with Gasteiger partial charge in [-0.05, 0) is 24.1 Å². The van der Waals surface area contributed by atoms with Gasteiger partial charge in [0.05, 0.1) is 18.6 Å². The van der Waals surface area contributed by atoms with Gasteiger partial charge in [0, 0.05) is 31.4 Å². The van der Waals surface area contributed by atoms with Gasteiger partial charge in [-0.25, -0.2) is 19.0 Å². The first-order valence-corrected chi connectivity index (χ1v) is 7.66. The molecule has 1 N–H and O–H groups in total. The first-order chi connectivity index (χ1) is 11.3. The molecule has 0 saturated carbocycles. The van der Waals surface area contributed by atoms with E-state index in [0.717, 1.165) is 30.8 Å². The lowest BCUT2D eigenvalue weighted by molar-refractivity contribution is 0.358. The number of nitrogens with zero attached hydrogens (tertiary/aromatic N) is 5. The third-order valence-corrected chi connectivity index (χ3v) is 4.19. The van der Waals surface area contributed by atoms with Crippen LogP contribution in [-0.2, 0) is 19.5 Å². The Labute approximate surface area is 133 Å². The first-order valence-electron chi connectivity index (χ1n) is 7.66. The molecule has 0 radical (unpaired) electrons. The SMILES string of the molecule is Fc1cc(CNC2CCc3ncnn3C2)ccc1-n1ccnc1. The van der Waals surface area contributed by atoms with E-state index in [1.165, 1.54) is 0 Å². The molecule has 0 amide bonds. The molecule has 23 heavy (non-hydrogen) atoms. The molecule has 7 heteroatoms. The van der Waals surface area contributed by atoms with E-state index in [0.29, 0.717) is 18.3 Å². The highest BCUT2D eigenvalue weighted by Gasteiger charge is 2.19. The lowest BCUT2D eigenvalue weighted by atomic mass is 10.1. The zero-order valence-electron chi connectivity index (χ0n) is 12.6. The third kappa shape index (κ3) is 2.87. The van der Waals surface area contributed by atoms with Gasteiger partial charge >= 0.3 is 0 Å². The maximum Gasteiger partial charge on any atom is 0.147 e. The van der Waals surface area contributed by atoms with Gasteiger partial charge in [-0.3, -0.25) is 0 Å². The molecule has 1 atom stereocenters. The average Bonchev–Trinajstić information content (AvgIpc) is 3.24. The van der Waals surface area contributed by atoms with Crippen molar-refractivity contribution in [1.29, 1.82) is 0 Å². The monoisotopic (exact) mass is 312 g/mol. The maximum absolute atomic E-state index is 14.2. The second kappa shape index (κ2) is 5.92. The summed E-state index contributed by atoms with van der Waals surface area (Å²) in [5, 5.41) is 7.69. The number of hydrogen-bond acceptors (Lipinski definition) is 4. The Hall–Kier alpha value is -2.54. The van der Waals surface area contributed by atoms with Crippen LogP contribution in [0.3, 0.4) is 0 Å². The molecular formula is C16H17FN6. The van der Waals surface area contributed by atoms with E-state index in [1.54, 1.807) is 41.7 Å². The molecule has 6 nitrogen and oxygen atoms in total. The van der Waals surface area contributed by atoms with Gasteiger partial charge in [0.2, 0.25) is 0 Å². The minimum atomic E-state index is -0.246. The fourth-order valence-corrected chi connectivity index (χ4v) is 2.94. The van der Waals surface area contributed by atoms with Crippen LogP contribution in [0.4, 0.5) is 4.39 Å². The number of aromatic nitrogens is 5. The summed E-state index contributed by atoms with van der Waals surface area (Å²) in [5.41, 5.74) is 1.44. The summed E-state index contributed by atoms with van der Waals surface area (Å²) in [6, 6.07) is 5.63. The van der Waals surface area contributed by atoms with Gasteiger partial charge in [-0.15, -0.1) is 0 Å². The van der Waals surface area contributed by atoms with Crippen LogP contribution in [0.15, 0.2) is 43.2 Å². The predicted octanol–water partition coefficient (Wildman–Crippen LogP) is 1.71. The normalized spacial score (nSPS) is 17.2. The highest BCUT2D eigenvalue weighted by molar-refractivity contribution is 5.36. The number of benzene rings is 1. The molecule has 0 saturated heterocycles. The Balaban J connectivity index is 1.41. The highest BCUT2D eigenvalue weighted by Crippen LogP contribution is 2.16. The summed E-state index contributed by atoms with van der Waals surface area (Å²) in [5.74, 6) is 0.795. The number of imidazole rings is 1. The Kier molecular flexibility index (Phi) is 3.63. The molecule has 0 bridgehead atoms. The van der Waals surface area contributed by atoms with E-state index in [-0.39, 0.29) is 5.82 Å². The average molecular weight is 312 g/mol. The third-order valence-electron chi connectivity index (χ3n) is 4.19. The quantitative estimate of drug-likeness (QED) is 0.797. The topological polar surface area (TPSA) is 60.6 Å². The number of hydrogen-bond donors (Lipinski definition) is 1. The van der Waals surface area contributed by atoms with Crippen LogP contribution in [0.25, 0.3) is 5.69 Å². The summed E-state index contributed by atoms with van der Waals surface area (Å²) < 4.78 is 17.8. The first kappa shape index (κ1) is 14.1. The summed E-state index contributed by atoms with van der Waals surface area (Å²) in [4.78, 5) is 8.17. The number of nitrogens with one attached hydrogen (secondary N) is 1. The van der Waals surface area contributed by atoms with E-state index in [4.69, 9.17) is 0 Å². The second-order valence-electron chi connectivity index (χ2n) is 5.73. The number of fused-ring (bicyclic) bond motifs is 1. The lowest BCUT2D eigenvalue weighted by Crippen LogP contribution is -2.37. The molecular weight excluding hydrogens is 295 g/mol. The zero-order chi connectivity index (χ0) is 15.6. The van der Waals surface area contributed by atoms with Crippen molar-refractivity contribution in [1.82, 2.24) is 29.6 Å². The molecule has 0 aliphatic carbocycles. The minimum absolute atomic E-state index is 0.246. The molecule has 0 spiro atoms. The number of rotatable bonds is 4. The van der Waals surface area contributed by atoms with Crippen molar-refractivity contribution in [3.8, 4) is 5.69 Å². The number of halogens is 1. The summed E-state index contributed by atoms with van der Waals surface area (Å²) in [6.45, 7) is 1.45. The molecule has 4 rings (SSSR count). The summed E-state index contributed by atoms with van der Waals surface area (Å²) in [7, 11) is 0. The van der Waals surface area contributed by atoms with Gasteiger partial charge < -0.3 is 9.88 Å². The molecule has 1 aliphatic rings. The van der Waals surface area contributed by atoms with Crippen molar-refractivity contribution in [3.05, 3.63) is 60.5 Å². The zero-order valence-corrected chi connectivity index (χ0v) is 12.6. The second-order valence-corrected chi connectivity index (χ2v) is 5.73. The van der Waals surface area contributed by atoms with Crippen LogP contribution in [0, 0.1) is 5.82 Å². The Bertz CT molecular complexity index is 795. The Morgan fingerprint density at radius 1 is 1.35 bits per heavy atom. The molecule has 1 aliphatic heterocycles. The van der Waals surface area contributed by atoms with E-state index in [9.17, 15) is 4.39 Å². The fourth-order valence-electron chi connectivity index (χ4n) is 2.94. The smallest absolute Gasteiger partial charge is 0.147 e. The van der Waals surface area contributed by atoms with Crippen LogP contribution >= 0.6 is 0 Å². The summed E-state index contributed by atoms with van der Waals surface area (Å²) in [6.07, 6.45) is 8.50. The van der Waals surface area contributed by atoms with Crippen LogP contribution in [-0.4, -0.2) is 30.4 Å². The molecule has 118 valence electrons.